The maximum Gasteiger partial charge on any atom is 0.253 e. The Morgan fingerprint density at radius 2 is 1.69 bits per heavy atom. The van der Waals surface area contributed by atoms with Crippen LogP contribution in [0, 0.1) is 25.7 Å². The summed E-state index contributed by atoms with van der Waals surface area (Å²) in [6.45, 7) is 8.93. The standard InChI is InChI=1S/C22H27N3O/c1-4-25-16(3)21(15(2)23-25)17-9-11-18(12-10-17)22(26)24-13-19-7-5-6-8-20(19)14-24/h5-6,9-12,19-20H,4,7-8,13-14H2,1-3H3/t19-,20+. The van der Waals surface area contributed by atoms with E-state index in [-0.39, 0.29) is 5.91 Å². The molecule has 2 heterocycles. The van der Waals surface area contributed by atoms with Crippen molar-refractivity contribution in [1.29, 1.82) is 0 Å². The van der Waals surface area contributed by atoms with Gasteiger partial charge in [0.1, 0.15) is 0 Å². The van der Waals surface area contributed by atoms with Gasteiger partial charge in [-0.25, -0.2) is 0 Å². The lowest BCUT2D eigenvalue weighted by Crippen LogP contribution is -2.28. The lowest BCUT2D eigenvalue weighted by molar-refractivity contribution is 0.0784. The first-order chi connectivity index (χ1) is 12.6. The highest BCUT2D eigenvalue weighted by Crippen LogP contribution is 2.34. The highest BCUT2D eigenvalue weighted by Gasteiger charge is 2.35. The van der Waals surface area contributed by atoms with Crippen molar-refractivity contribution in [1.82, 2.24) is 14.7 Å². The molecule has 1 aromatic carbocycles. The number of carbonyl (C=O) groups is 1. The number of amides is 1. The third-order valence-electron chi connectivity index (χ3n) is 6.01. The summed E-state index contributed by atoms with van der Waals surface area (Å²) in [5.74, 6) is 1.46. The molecule has 136 valence electrons. The highest BCUT2D eigenvalue weighted by atomic mass is 16.2. The average molecular weight is 349 g/mol. The monoisotopic (exact) mass is 349 g/mol. The van der Waals surface area contributed by atoms with Crippen molar-refractivity contribution in [3.05, 3.63) is 53.4 Å². The van der Waals surface area contributed by atoms with Crippen molar-refractivity contribution < 1.29 is 4.79 Å². The van der Waals surface area contributed by atoms with Gasteiger partial charge in [0, 0.05) is 36.5 Å². The Bertz CT molecular complexity index is 831. The number of benzene rings is 1. The lowest BCUT2D eigenvalue weighted by atomic mass is 9.86. The van der Waals surface area contributed by atoms with Gasteiger partial charge in [-0.3, -0.25) is 9.48 Å². The van der Waals surface area contributed by atoms with Gasteiger partial charge in [-0.05, 0) is 63.1 Å². The SMILES string of the molecule is CCn1nc(C)c(-c2ccc(C(=O)N3C[C@H]4CC=CC[C@H]4C3)cc2)c1C. The molecule has 2 aromatic rings. The number of rotatable bonds is 3. The van der Waals surface area contributed by atoms with Crippen LogP contribution in [-0.4, -0.2) is 33.7 Å². The maximum atomic E-state index is 12.9. The maximum absolute atomic E-state index is 12.9. The third kappa shape index (κ3) is 2.87. The summed E-state index contributed by atoms with van der Waals surface area (Å²) in [6.07, 6.45) is 6.77. The summed E-state index contributed by atoms with van der Waals surface area (Å²) < 4.78 is 2.03. The number of aromatic nitrogens is 2. The topological polar surface area (TPSA) is 38.1 Å². The molecule has 4 rings (SSSR count). The largest absolute Gasteiger partial charge is 0.338 e. The molecule has 2 atom stereocenters. The number of likely N-dealkylation sites (tertiary alicyclic amines) is 1. The van der Waals surface area contributed by atoms with Crippen LogP contribution in [-0.2, 0) is 6.54 Å². The van der Waals surface area contributed by atoms with Gasteiger partial charge in [-0.15, -0.1) is 0 Å². The number of hydrogen-bond donors (Lipinski definition) is 0. The van der Waals surface area contributed by atoms with E-state index in [1.165, 1.54) is 11.3 Å². The first kappa shape index (κ1) is 17.1. The molecule has 1 fully saturated rings. The Morgan fingerprint density at radius 1 is 1.08 bits per heavy atom. The van der Waals surface area contributed by atoms with E-state index >= 15 is 0 Å². The van der Waals surface area contributed by atoms with Gasteiger partial charge in [0.15, 0.2) is 0 Å². The van der Waals surface area contributed by atoms with E-state index in [0.717, 1.165) is 49.3 Å². The molecule has 0 bridgehead atoms. The van der Waals surface area contributed by atoms with Crippen molar-refractivity contribution in [3.8, 4) is 11.1 Å². The fourth-order valence-corrected chi connectivity index (χ4v) is 4.57. The van der Waals surface area contributed by atoms with Gasteiger partial charge in [0.2, 0.25) is 0 Å². The highest BCUT2D eigenvalue weighted by molar-refractivity contribution is 5.95. The smallest absolute Gasteiger partial charge is 0.253 e. The van der Waals surface area contributed by atoms with E-state index in [0.29, 0.717) is 11.8 Å². The van der Waals surface area contributed by atoms with E-state index in [1.54, 1.807) is 0 Å². The Labute approximate surface area is 155 Å². The summed E-state index contributed by atoms with van der Waals surface area (Å²) in [7, 11) is 0. The number of carbonyl (C=O) groups excluding carboxylic acids is 1. The van der Waals surface area contributed by atoms with Crippen LogP contribution in [0.4, 0.5) is 0 Å². The van der Waals surface area contributed by atoms with E-state index in [1.807, 2.05) is 28.6 Å². The molecule has 1 aromatic heterocycles. The van der Waals surface area contributed by atoms with E-state index in [2.05, 4.69) is 43.2 Å². The quantitative estimate of drug-likeness (QED) is 0.778. The van der Waals surface area contributed by atoms with Crippen LogP contribution in [0.2, 0.25) is 0 Å². The Morgan fingerprint density at radius 3 is 2.23 bits per heavy atom. The molecule has 0 unspecified atom stereocenters. The van der Waals surface area contributed by atoms with Crippen molar-refractivity contribution in [2.75, 3.05) is 13.1 Å². The van der Waals surface area contributed by atoms with Crippen molar-refractivity contribution >= 4 is 5.91 Å². The number of aryl methyl sites for hydroxylation is 2. The van der Waals surface area contributed by atoms with Crippen LogP contribution in [0.1, 0.15) is 41.5 Å². The molecular weight excluding hydrogens is 322 g/mol. The van der Waals surface area contributed by atoms with Crippen LogP contribution < -0.4 is 0 Å². The fourth-order valence-electron chi connectivity index (χ4n) is 4.57. The van der Waals surface area contributed by atoms with E-state index < -0.39 is 0 Å². The van der Waals surface area contributed by atoms with Gasteiger partial charge in [-0.1, -0.05) is 24.3 Å². The second kappa shape index (κ2) is 6.75. The number of nitrogens with zero attached hydrogens (tertiary/aromatic N) is 3. The van der Waals surface area contributed by atoms with E-state index in [9.17, 15) is 4.79 Å². The molecule has 1 saturated heterocycles. The molecule has 0 spiro atoms. The Balaban J connectivity index is 1.53. The molecule has 4 heteroatoms. The zero-order valence-electron chi connectivity index (χ0n) is 15.9. The van der Waals surface area contributed by atoms with Gasteiger partial charge in [-0.2, -0.15) is 5.10 Å². The van der Waals surface area contributed by atoms with Crippen LogP contribution in [0.15, 0.2) is 36.4 Å². The van der Waals surface area contributed by atoms with Gasteiger partial charge in [0.25, 0.3) is 5.91 Å². The molecular formula is C22H27N3O. The predicted octanol–water partition coefficient (Wildman–Crippen LogP) is 4.23. The second-order valence-electron chi connectivity index (χ2n) is 7.61. The molecule has 0 saturated carbocycles. The van der Waals surface area contributed by atoms with Gasteiger partial charge >= 0.3 is 0 Å². The first-order valence-corrected chi connectivity index (χ1v) is 9.67. The lowest BCUT2D eigenvalue weighted by Gasteiger charge is -2.17. The molecule has 0 radical (unpaired) electrons. The molecule has 4 nitrogen and oxygen atoms in total. The summed E-state index contributed by atoms with van der Waals surface area (Å²) in [4.78, 5) is 15.0. The predicted molar refractivity (Wildman–Crippen MR) is 104 cm³/mol. The molecule has 0 N–H and O–H groups in total. The zero-order chi connectivity index (χ0) is 18.3. The number of hydrogen-bond acceptors (Lipinski definition) is 2. The average Bonchev–Trinajstić information content (AvgIpc) is 3.22. The fraction of sp³-hybridized carbons (Fsp3) is 0.455. The summed E-state index contributed by atoms with van der Waals surface area (Å²) >= 11 is 0. The molecule has 26 heavy (non-hydrogen) atoms. The van der Waals surface area contributed by atoms with Crippen molar-refractivity contribution in [3.63, 3.8) is 0 Å². The molecule has 2 aliphatic rings. The zero-order valence-corrected chi connectivity index (χ0v) is 15.9. The van der Waals surface area contributed by atoms with Crippen LogP contribution in [0.5, 0.6) is 0 Å². The van der Waals surface area contributed by atoms with Crippen molar-refractivity contribution in [2.45, 2.75) is 40.2 Å². The van der Waals surface area contributed by atoms with E-state index in [4.69, 9.17) is 0 Å². The third-order valence-corrected chi connectivity index (χ3v) is 6.01. The summed E-state index contributed by atoms with van der Waals surface area (Å²) in [6, 6.07) is 8.07. The van der Waals surface area contributed by atoms with Crippen LogP contribution in [0.3, 0.4) is 0 Å². The Kier molecular flexibility index (Phi) is 4.43. The van der Waals surface area contributed by atoms with Crippen LogP contribution in [0.25, 0.3) is 11.1 Å². The summed E-state index contributed by atoms with van der Waals surface area (Å²) in [5.41, 5.74) is 5.33. The minimum atomic E-state index is 0.170. The second-order valence-corrected chi connectivity index (χ2v) is 7.61. The van der Waals surface area contributed by atoms with Crippen molar-refractivity contribution in [2.24, 2.45) is 11.8 Å². The van der Waals surface area contributed by atoms with Gasteiger partial charge in [0.05, 0.1) is 5.69 Å². The number of fused-ring (bicyclic) bond motifs is 1. The summed E-state index contributed by atoms with van der Waals surface area (Å²) in [5, 5.41) is 4.60. The molecule has 1 aliphatic heterocycles. The minimum Gasteiger partial charge on any atom is -0.338 e. The molecule has 1 amide bonds. The minimum absolute atomic E-state index is 0.170. The van der Waals surface area contributed by atoms with Gasteiger partial charge < -0.3 is 4.90 Å². The van der Waals surface area contributed by atoms with Crippen LogP contribution >= 0.6 is 0 Å². The first-order valence-electron chi connectivity index (χ1n) is 9.67. The number of allylic oxidation sites excluding steroid dienone is 2. The normalized spacial score (nSPS) is 21.9. The molecule has 1 aliphatic carbocycles. The Hall–Kier alpha value is -2.36.